The zero-order valence-electron chi connectivity index (χ0n) is 11.0. The fourth-order valence-corrected chi connectivity index (χ4v) is 2.67. The molecule has 2 aromatic rings. The number of carboxylic acids is 1. The Kier molecular flexibility index (Phi) is 3.37. The van der Waals surface area contributed by atoms with Crippen LogP contribution in [0.15, 0.2) is 42.6 Å². The summed E-state index contributed by atoms with van der Waals surface area (Å²) in [6, 6.07) is 11.5. The molecule has 0 radical (unpaired) electrons. The SMILES string of the molecule is O=C(O)c1ccc2c(c1)CC(Nc1ccccn1)CC2. The number of fused-ring (bicyclic) bond motifs is 1. The van der Waals surface area contributed by atoms with Crippen LogP contribution in [-0.2, 0) is 12.8 Å². The fraction of sp³-hybridized carbons (Fsp3) is 0.250. The zero-order chi connectivity index (χ0) is 13.9. The molecule has 2 N–H and O–H groups in total. The third kappa shape index (κ3) is 2.64. The predicted molar refractivity (Wildman–Crippen MR) is 77.1 cm³/mol. The number of hydrogen-bond donors (Lipinski definition) is 2. The van der Waals surface area contributed by atoms with Gasteiger partial charge in [0.15, 0.2) is 0 Å². The molecule has 1 aromatic heterocycles. The van der Waals surface area contributed by atoms with Crippen molar-refractivity contribution in [3.8, 4) is 0 Å². The first kappa shape index (κ1) is 12.7. The highest BCUT2D eigenvalue weighted by Crippen LogP contribution is 2.24. The topological polar surface area (TPSA) is 62.2 Å². The molecule has 1 aliphatic rings. The molecule has 0 amide bonds. The minimum absolute atomic E-state index is 0.307. The Morgan fingerprint density at radius 3 is 2.90 bits per heavy atom. The number of anilines is 1. The highest BCUT2D eigenvalue weighted by Gasteiger charge is 2.19. The quantitative estimate of drug-likeness (QED) is 0.898. The number of hydrogen-bond acceptors (Lipinski definition) is 3. The van der Waals surface area contributed by atoms with E-state index in [1.165, 1.54) is 5.56 Å². The number of aryl methyl sites for hydroxylation is 1. The molecule has 0 bridgehead atoms. The highest BCUT2D eigenvalue weighted by molar-refractivity contribution is 5.87. The van der Waals surface area contributed by atoms with Gasteiger partial charge in [0.2, 0.25) is 0 Å². The molecule has 1 aromatic carbocycles. The molecule has 1 heterocycles. The summed E-state index contributed by atoms with van der Waals surface area (Å²) in [5.74, 6) is 0.00273. The smallest absolute Gasteiger partial charge is 0.335 e. The van der Waals surface area contributed by atoms with Crippen LogP contribution in [0.2, 0.25) is 0 Å². The molecule has 1 aliphatic carbocycles. The van der Waals surface area contributed by atoms with Gasteiger partial charge >= 0.3 is 5.97 Å². The van der Waals surface area contributed by atoms with Gasteiger partial charge in [0, 0.05) is 12.2 Å². The van der Waals surface area contributed by atoms with Crippen molar-refractivity contribution >= 4 is 11.8 Å². The van der Waals surface area contributed by atoms with Crippen molar-refractivity contribution in [3.05, 3.63) is 59.3 Å². The van der Waals surface area contributed by atoms with E-state index in [2.05, 4.69) is 10.3 Å². The number of aromatic carboxylic acids is 1. The van der Waals surface area contributed by atoms with Crippen molar-refractivity contribution in [1.29, 1.82) is 0 Å². The number of pyridine rings is 1. The van der Waals surface area contributed by atoms with Crippen LogP contribution in [0.5, 0.6) is 0 Å². The monoisotopic (exact) mass is 268 g/mol. The highest BCUT2D eigenvalue weighted by atomic mass is 16.4. The first-order chi connectivity index (χ1) is 9.72. The average molecular weight is 268 g/mol. The van der Waals surface area contributed by atoms with E-state index in [-0.39, 0.29) is 0 Å². The summed E-state index contributed by atoms with van der Waals surface area (Å²) in [6.45, 7) is 0. The lowest BCUT2D eigenvalue weighted by Gasteiger charge is -2.26. The van der Waals surface area contributed by atoms with Crippen molar-refractivity contribution in [3.63, 3.8) is 0 Å². The number of carboxylic acid groups (broad SMARTS) is 1. The Morgan fingerprint density at radius 1 is 1.25 bits per heavy atom. The van der Waals surface area contributed by atoms with Gasteiger partial charge in [-0.2, -0.15) is 0 Å². The first-order valence-electron chi connectivity index (χ1n) is 6.75. The molecule has 0 fully saturated rings. The maximum atomic E-state index is 11.0. The number of nitrogens with zero attached hydrogens (tertiary/aromatic N) is 1. The van der Waals surface area contributed by atoms with E-state index in [4.69, 9.17) is 5.11 Å². The Morgan fingerprint density at radius 2 is 2.15 bits per heavy atom. The van der Waals surface area contributed by atoms with Crippen LogP contribution in [0.25, 0.3) is 0 Å². The second-order valence-corrected chi connectivity index (χ2v) is 5.09. The van der Waals surface area contributed by atoms with Crippen molar-refractivity contribution in [2.45, 2.75) is 25.3 Å². The second kappa shape index (κ2) is 5.33. The molecule has 102 valence electrons. The van der Waals surface area contributed by atoms with E-state index in [9.17, 15) is 4.79 Å². The summed E-state index contributed by atoms with van der Waals surface area (Å²) in [7, 11) is 0. The number of rotatable bonds is 3. The van der Waals surface area contributed by atoms with Crippen LogP contribution in [0, 0.1) is 0 Å². The standard InChI is InChI=1S/C16H16N2O2/c19-16(20)12-5-4-11-6-7-14(10-13(11)9-12)18-15-3-1-2-8-17-15/h1-5,8-9,14H,6-7,10H2,(H,17,18)(H,19,20). The fourth-order valence-electron chi connectivity index (χ4n) is 2.67. The average Bonchev–Trinajstić information content (AvgIpc) is 2.47. The van der Waals surface area contributed by atoms with Crippen LogP contribution < -0.4 is 5.32 Å². The summed E-state index contributed by atoms with van der Waals surface area (Å²) in [5, 5.41) is 12.5. The largest absolute Gasteiger partial charge is 0.478 e. The van der Waals surface area contributed by atoms with Gasteiger partial charge in [0.1, 0.15) is 5.82 Å². The van der Waals surface area contributed by atoms with Crippen molar-refractivity contribution in [1.82, 2.24) is 4.98 Å². The summed E-state index contributed by atoms with van der Waals surface area (Å²) in [6.07, 6.45) is 4.62. The molecule has 0 aliphatic heterocycles. The zero-order valence-corrected chi connectivity index (χ0v) is 11.0. The van der Waals surface area contributed by atoms with Crippen molar-refractivity contribution < 1.29 is 9.90 Å². The van der Waals surface area contributed by atoms with Crippen LogP contribution in [0.1, 0.15) is 27.9 Å². The van der Waals surface area contributed by atoms with Gasteiger partial charge in [0.05, 0.1) is 5.56 Å². The van der Waals surface area contributed by atoms with Gasteiger partial charge in [-0.25, -0.2) is 9.78 Å². The molecule has 0 saturated heterocycles. The van der Waals surface area contributed by atoms with E-state index in [1.807, 2.05) is 24.3 Å². The molecule has 4 nitrogen and oxygen atoms in total. The summed E-state index contributed by atoms with van der Waals surface area (Å²) in [5.41, 5.74) is 2.75. The van der Waals surface area contributed by atoms with Gasteiger partial charge in [0.25, 0.3) is 0 Å². The molecule has 0 spiro atoms. The van der Waals surface area contributed by atoms with Gasteiger partial charge in [-0.15, -0.1) is 0 Å². The molecule has 20 heavy (non-hydrogen) atoms. The van der Waals surface area contributed by atoms with Gasteiger partial charge in [-0.3, -0.25) is 0 Å². The normalized spacial score (nSPS) is 17.3. The molecule has 0 saturated carbocycles. The summed E-state index contributed by atoms with van der Waals surface area (Å²) < 4.78 is 0. The molecular formula is C16H16N2O2. The second-order valence-electron chi connectivity index (χ2n) is 5.09. The van der Waals surface area contributed by atoms with Crippen molar-refractivity contribution in [2.24, 2.45) is 0 Å². The molecule has 1 unspecified atom stereocenters. The van der Waals surface area contributed by atoms with Gasteiger partial charge < -0.3 is 10.4 Å². The predicted octanol–water partition coefficient (Wildman–Crippen LogP) is 2.75. The van der Waals surface area contributed by atoms with Crippen LogP contribution in [-0.4, -0.2) is 22.1 Å². The van der Waals surface area contributed by atoms with Gasteiger partial charge in [-0.05, 0) is 54.7 Å². The number of aromatic nitrogens is 1. The van der Waals surface area contributed by atoms with E-state index in [1.54, 1.807) is 18.3 Å². The van der Waals surface area contributed by atoms with E-state index in [0.717, 1.165) is 30.6 Å². The Bertz CT molecular complexity index is 626. The van der Waals surface area contributed by atoms with E-state index in [0.29, 0.717) is 11.6 Å². The maximum Gasteiger partial charge on any atom is 0.335 e. The number of carbonyl (C=O) groups is 1. The Labute approximate surface area is 117 Å². The lowest BCUT2D eigenvalue weighted by Crippen LogP contribution is -2.27. The van der Waals surface area contributed by atoms with Gasteiger partial charge in [-0.1, -0.05) is 12.1 Å². The van der Waals surface area contributed by atoms with Crippen molar-refractivity contribution in [2.75, 3.05) is 5.32 Å². The summed E-state index contributed by atoms with van der Waals surface area (Å²) in [4.78, 5) is 15.3. The van der Waals surface area contributed by atoms with E-state index >= 15 is 0 Å². The molecule has 1 atom stereocenters. The minimum Gasteiger partial charge on any atom is -0.478 e. The molecular weight excluding hydrogens is 252 g/mol. The lowest BCUT2D eigenvalue weighted by atomic mass is 9.87. The minimum atomic E-state index is -0.868. The molecule has 3 rings (SSSR count). The lowest BCUT2D eigenvalue weighted by molar-refractivity contribution is 0.0696. The number of nitrogens with one attached hydrogen (secondary N) is 1. The Balaban J connectivity index is 1.77. The maximum absolute atomic E-state index is 11.0. The van der Waals surface area contributed by atoms with Crippen LogP contribution in [0.4, 0.5) is 5.82 Å². The number of benzene rings is 1. The Hall–Kier alpha value is -2.36. The van der Waals surface area contributed by atoms with E-state index < -0.39 is 5.97 Å². The van der Waals surface area contributed by atoms with Crippen LogP contribution in [0.3, 0.4) is 0 Å². The first-order valence-corrected chi connectivity index (χ1v) is 6.75. The summed E-state index contributed by atoms with van der Waals surface area (Å²) >= 11 is 0. The third-order valence-electron chi connectivity index (χ3n) is 3.70. The third-order valence-corrected chi connectivity index (χ3v) is 3.70. The molecule has 4 heteroatoms. The van der Waals surface area contributed by atoms with Crippen LogP contribution >= 0.6 is 0 Å².